The van der Waals surface area contributed by atoms with Crippen LogP contribution in [0.5, 0.6) is 0 Å². The molecule has 6 heteroatoms. The van der Waals surface area contributed by atoms with Gasteiger partial charge in [0.1, 0.15) is 0 Å². The van der Waals surface area contributed by atoms with Gasteiger partial charge in [-0.3, -0.25) is 0 Å². The first-order chi connectivity index (χ1) is 0. The molecule has 0 aromatic rings. The van der Waals surface area contributed by atoms with Crippen molar-refractivity contribution in [3.05, 3.63) is 0 Å². The largest absolute Gasteiger partial charge is 3.00 e. The van der Waals surface area contributed by atoms with Gasteiger partial charge in [0.2, 0.25) is 0 Å². The fraction of sp³-hybridized carbons (Fsp3) is 0. The molecule has 0 spiro atoms. The predicted octanol–water partition coefficient (Wildman–Crippen LogP) is -1.94. The SMILES string of the molecule is O.[Bi+3].[Bi+3].[O-2].[O-2].[O-2]. The molecule has 0 aliphatic carbocycles. The summed E-state index contributed by atoms with van der Waals surface area (Å²) in [5.41, 5.74) is 0. The first-order valence-corrected chi connectivity index (χ1v) is 0. The van der Waals surface area contributed by atoms with Crippen molar-refractivity contribution in [2.75, 3.05) is 0 Å². The summed E-state index contributed by atoms with van der Waals surface area (Å²) in [5, 5.41) is 0. The second-order valence-electron chi connectivity index (χ2n) is 0. The van der Waals surface area contributed by atoms with Crippen molar-refractivity contribution in [2.45, 2.75) is 0 Å². The maximum Gasteiger partial charge on any atom is 3.00 e. The van der Waals surface area contributed by atoms with Crippen LogP contribution in [0.1, 0.15) is 0 Å². The van der Waals surface area contributed by atoms with Gasteiger partial charge in [0.15, 0.2) is 0 Å². The van der Waals surface area contributed by atoms with Crippen LogP contribution in [0, 0.1) is 0 Å². The second-order valence-corrected chi connectivity index (χ2v) is 0. The molecule has 0 bridgehead atoms. The molecule has 0 rings (SSSR count). The third kappa shape index (κ3) is 46.1. The third-order valence-electron chi connectivity index (χ3n) is 0. The minimum Gasteiger partial charge on any atom is -2.00 e. The molecule has 0 heterocycles. The average molecular weight is 484 g/mol. The minimum absolute atomic E-state index is 0. The van der Waals surface area contributed by atoms with E-state index in [1.807, 2.05) is 0 Å². The van der Waals surface area contributed by atoms with E-state index in [0.29, 0.717) is 0 Å². The zero-order valence-electron chi connectivity index (χ0n) is 2.62. The summed E-state index contributed by atoms with van der Waals surface area (Å²) in [6.07, 6.45) is 0. The van der Waals surface area contributed by atoms with Gasteiger partial charge >= 0.3 is 52.4 Å². The molecule has 0 amide bonds. The van der Waals surface area contributed by atoms with Crippen molar-refractivity contribution in [3.8, 4) is 0 Å². The summed E-state index contributed by atoms with van der Waals surface area (Å²) in [7, 11) is 0. The molecule has 0 aliphatic rings. The van der Waals surface area contributed by atoms with E-state index in [4.69, 9.17) is 0 Å². The zero-order valence-corrected chi connectivity index (χ0v) is 9.57. The van der Waals surface area contributed by atoms with Gasteiger partial charge in [0, 0.05) is 0 Å². The molecule has 4 nitrogen and oxygen atoms in total. The van der Waals surface area contributed by atoms with Gasteiger partial charge in [-0.05, 0) is 0 Å². The number of hydrogen-bond acceptors (Lipinski definition) is 0. The number of rotatable bonds is 0. The van der Waals surface area contributed by atoms with Crippen LogP contribution in [0.3, 0.4) is 0 Å². The van der Waals surface area contributed by atoms with E-state index in [-0.39, 0.29) is 74.3 Å². The van der Waals surface area contributed by atoms with Crippen LogP contribution in [0.4, 0.5) is 0 Å². The van der Waals surface area contributed by atoms with E-state index in [0.717, 1.165) is 0 Å². The van der Waals surface area contributed by atoms with Crippen molar-refractivity contribution >= 4 is 52.4 Å². The maximum atomic E-state index is 0. The maximum absolute atomic E-state index is 0. The standard InChI is InChI=1S/2Bi.H2O.3O/h;;1H2;;;/q2*+3;;3*-2. The second kappa shape index (κ2) is 80.5. The molecule has 0 aromatic heterocycles. The molecule has 36 valence electrons. The van der Waals surface area contributed by atoms with Crippen LogP contribution in [-0.2, 0) is 16.4 Å². The molecule has 0 saturated heterocycles. The molecular formula is H2Bi2O4. The van der Waals surface area contributed by atoms with Crippen LogP contribution in [0.15, 0.2) is 0 Å². The van der Waals surface area contributed by atoms with Gasteiger partial charge in [-0.1, -0.05) is 0 Å². The first-order valence-electron chi connectivity index (χ1n) is 0. The monoisotopic (exact) mass is 484 g/mol. The molecule has 0 unspecified atom stereocenters. The molecule has 4 radical (unpaired) electrons. The molecular weight excluding hydrogens is 482 g/mol. The van der Waals surface area contributed by atoms with E-state index in [2.05, 4.69) is 0 Å². The molecule has 0 atom stereocenters. The van der Waals surface area contributed by atoms with Gasteiger partial charge in [-0.25, -0.2) is 0 Å². The van der Waals surface area contributed by atoms with Crippen LogP contribution in [0.2, 0.25) is 0 Å². The van der Waals surface area contributed by atoms with Gasteiger partial charge in [-0.15, -0.1) is 0 Å². The molecule has 0 aliphatic heterocycles. The van der Waals surface area contributed by atoms with E-state index < -0.39 is 0 Å². The summed E-state index contributed by atoms with van der Waals surface area (Å²) >= 11 is 0. The Balaban J connectivity index is 0. The van der Waals surface area contributed by atoms with Crippen LogP contribution in [0.25, 0.3) is 0 Å². The minimum atomic E-state index is 0. The van der Waals surface area contributed by atoms with Crippen molar-refractivity contribution < 1.29 is 21.9 Å². The van der Waals surface area contributed by atoms with Crippen LogP contribution < -0.4 is 0 Å². The van der Waals surface area contributed by atoms with E-state index in [1.54, 1.807) is 0 Å². The molecule has 0 saturated carbocycles. The van der Waals surface area contributed by atoms with Crippen LogP contribution >= 0.6 is 0 Å². The van der Waals surface area contributed by atoms with Gasteiger partial charge in [0.25, 0.3) is 0 Å². The summed E-state index contributed by atoms with van der Waals surface area (Å²) in [5.74, 6) is 0. The third-order valence-corrected chi connectivity index (χ3v) is 0. The van der Waals surface area contributed by atoms with Crippen molar-refractivity contribution in [1.29, 1.82) is 0 Å². The normalized spacial score (nSPS) is 0. The van der Waals surface area contributed by atoms with Crippen molar-refractivity contribution in [2.24, 2.45) is 0 Å². The molecule has 2 N–H and O–H groups in total. The molecule has 6 heavy (non-hydrogen) atoms. The van der Waals surface area contributed by atoms with E-state index >= 15 is 0 Å². The molecule has 0 aromatic carbocycles. The Hall–Kier alpha value is 1.61. The Morgan fingerprint density at radius 2 is 0.500 bits per heavy atom. The van der Waals surface area contributed by atoms with Crippen LogP contribution in [-0.4, -0.2) is 57.9 Å². The Labute approximate surface area is 73.8 Å². The fourth-order valence-electron chi connectivity index (χ4n) is 0. The van der Waals surface area contributed by atoms with E-state index in [9.17, 15) is 0 Å². The predicted molar refractivity (Wildman–Crippen MR) is 17.2 cm³/mol. The fourth-order valence-corrected chi connectivity index (χ4v) is 0. The van der Waals surface area contributed by atoms with Gasteiger partial charge in [-0.2, -0.15) is 0 Å². The average Bonchev–Trinajstić information content (AvgIpc) is 0. The molecule has 0 fully saturated rings. The Kier molecular flexibility index (Phi) is 1730. The summed E-state index contributed by atoms with van der Waals surface area (Å²) in [6.45, 7) is 0. The number of hydrogen-bond donors (Lipinski definition) is 0. The van der Waals surface area contributed by atoms with Crippen molar-refractivity contribution in [1.82, 2.24) is 0 Å². The van der Waals surface area contributed by atoms with Gasteiger partial charge in [0.05, 0.1) is 0 Å². The van der Waals surface area contributed by atoms with E-state index in [1.165, 1.54) is 0 Å². The van der Waals surface area contributed by atoms with Gasteiger partial charge < -0.3 is 21.9 Å². The summed E-state index contributed by atoms with van der Waals surface area (Å²) in [6, 6.07) is 0. The smallest absolute Gasteiger partial charge is 2.00 e. The summed E-state index contributed by atoms with van der Waals surface area (Å²) in [4.78, 5) is 0. The Morgan fingerprint density at radius 3 is 0.500 bits per heavy atom. The Bertz CT molecular complexity index is 5.51. The Morgan fingerprint density at radius 1 is 0.500 bits per heavy atom. The zero-order chi connectivity index (χ0) is 0. The topological polar surface area (TPSA) is 117 Å². The first kappa shape index (κ1) is 129. The quantitative estimate of drug-likeness (QED) is 0.356. The van der Waals surface area contributed by atoms with Crippen molar-refractivity contribution in [3.63, 3.8) is 0 Å². The summed E-state index contributed by atoms with van der Waals surface area (Å²) < 4.78 is 0.